The Morgan fingerprint density at radius 1 is 1.39 bits per heavy atom. The number of nitrogens with zero attached hydrogens (tertiary/aromatic N) is 2. The molecule has 2 aromatic rings. The first kappa shape index (κ1) is 13.2. The molecule has 2 rings (SSSR count). The van der Waals surface area contributed by atoms with E-state index in [2.05, 4.69) is 9.97 Å². The highest BCUT2D eigenvalue weighted by atomic mass is 32.1. The second-order valence-corrected chi connectivity index (χ2v) is 5.90. The van der Waals surface area contributed by atoms with Crippen LogP contribution in [0.25, 0.3) is 10.6 Å². The maximum Gasteiger partial charge on any atom is 0.312 e. The Labute approximate surface area is 114 Å². The van der Waals surface area contributed by atoms with Gasteiger partial charge in [-0.2, -0.15) is 0 Å². The average molecular weight is 282 g/mol. The van der Waals surface area contributed by atoms with Crippen molar-refractivity contribution in [3.63, 3.8) is 0 Å². The molecule has 0 bridgehead atoms. The van der Waals surface area contributed by atoms with Crippen LogP contribution in [-0.2, 0) is 16.0 Å². The van der Waals surface area contributed by atoms with Gasteiger partial charge < -0.3 is 4.74 Å². The van der Waals surface area contributed by atoms with Crippen molar-refractivity contribution in [2.45, 2.75) is 27.2 Å². The molecule has 0 atom stereocenters. The van der Waals surface area contributed by atoms with Gasteiger partial charge in [0.05, 0.1) is 34.3 Å². The van der Waals surface area contributed by atoms with Crippen molar-refractivity contribution in [3.8, 4) is 10.6 Å². The maximum absolute atomic E-state index is 11.4. The standard InChI is InChI=1S/C12H14N2O2S2/c1-4-16-11(15)5-10-14-9(6-17-10)12-7(2)13-8(3)18-12/h6H,4-5H2,1-3H3. The molecule has 6 heteroatoms. The number of hydrogen-bond donors (Lipinski definition) is 0. The van der Waals surface area contributed by atoms with E-state index in [1.807, 2.05) is 19.2 Å². The summed E-state index contributed by atoms with van der Waals surface area (Å²) in [6, 6.07) is 0. The van der Waals surface area contributed by atoms with E-state index in [-0.39, 0.29) is 12.4 Å². The van der Waals surface area contributed by atoms with Gasteiger partial charge in [-0.25, -0.2) is 9.97 Å². The van der Waals surface area contributed by atoms with Crippen LogP contribution in [0, 0.1) is 13.8 Å². The van der Waals surface area contributed by atoms with Crippen molar-refractivity contribution >= 4 is 28.6 Å². The van der Waals surface area contributed by atoms with Crippen LogP contribution in [0.3, 0.4) is 0 Å². The van der Waals surface area contributed by atoms with Gasteiger partial charge in [-0.05, 0) is 20.8 Å². The van der Waals surface area contributed by atoms with E-state index in [0.29, 0.717) is 6.61 Å². The number of carbonyl (C=O) groups excluding carboxylic acids is 1. The fourth-order valence-corrected chi connectivity index (χ4v) is 3.33. The van der Waals surface area contributed by atoms with Crippen molar-refractivity contribution in [1.82, 2.24) is 9.97 Å². The summed E-state index contributed by atoms with van der Waals surface area (Å²) in [5, 5.41) is 3.78. The molecule has 0 unspecified atom stereocenters. The summed E-state index contributed by atoms with van der Waals surface area (Å²) >= 11 is 3.11. The average Bonchev–Trinajstić information content (AvgIpc) is 2.85. The molecule has 0 aliphatic carbocycles. The van der Waals surface area contributed by atoms with Crippen LogP contribution < -0.4 is 0 Å². The van der Waals surface area contributed by atoms with E-state index in [0.717, 1.165) is 26.3 Å². The lowest BCUT2D eigenvalue weighted by Gasteiger charge is -1.97. The smallest absolute Gasteiger partial charge is 0.312 e. The molecule has 4 nitrogen and oxygen atoms in total. The van der Waals surface area contributed by atoms with Gasteiger partial charge in [0.15, 0.2) is 0 Å². The lowest BCUT2D eigenvalue weighted by molar-refractivity contribution is -0.142. The molecule has 0 spiro atoms. The van der Waals surface area contributed by atoms with Gasteiger partial charge in [0.1, 0.15) is 5.01 Å². The van der Waals surface area contributed by atoms with E-state index in [1.54, 1.807) is 18.3 Å². The Morgan fingerprint density at radius 3 is 2.78 bits per heavy atom. The molecule has 0 aliphatic heterocycles. The van der Waals surface area contributed by atoms with Crippen LogP contribution >= 0.6 is 22.7 Å². The molecule has 0 aromatic carbocycles. The number of thiazole rings is 2. The molecule has 0 saturated carbocycles. The summed E-state index contributed by atoms with van der Waals surface area (Å²) in [5.74, 6) is -0.226. The van der Waals surface area contributed by atoms with Crippen molar-refractivity contribution in [3.05, 3.63) is 21.1 Å². The van der Waals surface area contributed by atoms with Gasteiger partial charge in [-0.1, -0.05) is 0 Å². The molecule has 0 aliphatic rings. The first-order valence-corrected chi connectivity index (χ1v) is 7.34. The molecule has 0 N–H and O–H groups in total. The second kappa shape index (κ2) is 5.58. The Hall–Kier alpha value is -1.27. The Bertz CT molecular complexity index is 560. The van der Waals surface area contributed by atoms with Crippen LogP contribution in [0.5, 0.6) is 0 Å². The normalized spacial score (nSPS) is 10.6. The Morgan fingerprint density at radius 2 is 2.17 bits per heavy atom. The SMILES string of the molecule is CCOC(=O)Cc1nc(-c2sc(C)nc2C)cs1. The first-order valence-electron chi connectivity index (χ1n) is 5.64. The first-order chi connectivity index (χ1) is 8.60. The molecule has 0 fully saturated rings. The van der Waals surface area contributed by atoms with Crippen LogP contribution in [0.1, 0.15) is 22.6 Å². The minimum Gasteiger partial charge on any atom is -0.466 e. The molecule has 0 amide bonds. The molecule has 2 aromatic heterocycles. The topological polar surface area (TPSA) is 52.1 Å². The third-order valence-corrected chi connectivity index (χ3v) is 4.23. The second-order valence-electron chi connectivity index (χ2n) is 3.76. The van der Waals surface area contributed by atoms with Gasteiger partial charge in [0.2, 0.25) is 0 Å². The monoisotopic (exact) mass is 282 g/mol. The molecular weight excluding hydrogens is 268 g/mol. The van der Waals surface area contributed by atoms with Crippen LogP contribution in [0.15, 0.2) is 5.38 Å². The largest absolute Gasteiger partial charge is 0.466 e. The predicted octanol–water partition coefficient (Wildman–Crippen LogP) is 2.99. The lowest BCUT2D eigenvalue weighted by Crippen LogP contribution is -2.07. The molecule has 0 radical (unpaired) electrons. The van der Waals surface area contributed by atoms with Gasteiger partial charge >= 0.3 is 5.97 Å². The van der Waals surface area contributed by atoms with E-state index < -0.39 is 0 Å². The van der Waals surface area contributed by atoms with Crippen LogP contribution in [0.2, 0.25) is 0 Å². The highest BCUT2D eigenvalue weighted by molar-refractivity contribution is 7.16. The maximum atomic E-state index is 11.4. The highest BCUT2D eigenvalue weighted by Crippen LogP contribution is 2.30. The minimum atomic E-state index is -0.226. The zero-order valence-corrected chi connectivity index (χ0v) is 12.2. The lowest BCUT2D eigenvalue weighted by atomic mass is 10.3. The number of rotatable bonds is 4. The van der Waals surface area contributed by atoms with Crippen LogP contribution in [0.4, 0.5) is 0 Å². The Kier molecular flexibility index (Phi) is 4.08. The number of esters is 1. The van der Waals surface area contributed by atoms with Crippen molar-refractivity contribution < 1.29 is 9.53 Å². The number of aryl methyl sites for hydroxylation is 2. The third kappa shape index (κ3) is 2.94. The van der Waals surface area contributed by atoms with Gasteiger partial charge in [0.25, 0.3) is 0 Å². The van der Waals surface area contributed by atoms with Crippen molar-refractivity contribution in [2.75, 3.05) is 6.61 Å². The van der Waals surface area contributed by atoms with E-state index in [1.165, 1.54) is 11.3 Å². The zero-order chi connectivity index (χ0) is 13.1. The zero-order valence-electron chi connectivity index (χ0n) is 10.5. The molecule has 0 saturated heterocycles. The van der Waals surface area contributed by atoms with Crippen molar-refractivity contribution in [1.29, 1.82) is 0 Å². The van der Waals surface area contributed by atoms with Gasteiger partial charge in [-0.15, -0.1) is 22.7 Å². The fourth-order valence-electron chi connectivity index (χ4n) is 1.60. The fraction of sp³-hybridized carbons (Fsp3) is 0.417. The van der Waals surface area contributed by atoms with Gasteiger partial charge in [-0.3, -0.25) is 4.79 Å². The molecule has 2 heterocycles. The summed E-state index contributed by atoms with van der Waals surface area (Å²) in [6.07, 6.45) is 0.245. The summed E-state index contributed by atoms with van der Waals surface area (Å²) in [6.45, 7) is 6.16. The number of ether oxygens (including phenoxy) is 1. The summed E-state index contributed by atoms with van der Waals surface area (Å²) in [7, 11) is 0. The number of aromatic nitrogens is 2. The summed E-state index contributed by atoms with van der Waals surface area (Å²) in [5.41, 5.74) is 1.90. The van der Waals surface area contributed by atoms with E-state index in [4.69, 9.17) is 4.74 Å². The summed E-state index contributed by atoms with van der Waals surface area (Å²) in [4.78, 5) is 21.3. The highest BCUT2D eigenvalue weighted by Gasteiger charge is 2.13. The quantitative estimate of drug-likeness (QED) is 0.809. The minimum absolute atomic E-state index is 0.226. The number of carbonyl (C=O) groups is 1. The van der Waals surface area contributed by atoms with Crippen molar-refractivity contribution in [2.24, 2.45) is 0 Å². The third-order valence-electron chi connectivity index (χ3n) is 2.29. The Balaban J connectivity index is 2.15. The molecule has 96 valence electrons. The number of hydrogen-bond acceptors (Lipinski definition) is 6. The molecule has 18 heavy (non-hydrogen) atoms. The summed E-state index contributed by atoms with van der Waals surface area (Å²) < 4.78 is 4.91. The predicted molar refractivity (Wildman–Crippen MR) is 73.0 cm³/mol. The van der Waals surface area contributed by atoms with Crippen LogP contribution in [-0.4, -0.2) is 22.5 Å². The van der Waals surface area contributed by atoms with Gasteiger partial charge in [0, 0.05) is 5.38 Å². The van der Waals surface area contributed by atoms with E-state index in [9.17, 15) is 4.79 Å². The molecular formula is C12H14N2O2S2. The van der Waals surface area contributed by atoms with E-state index >= 15 is 0 Å².